The molecule has 0 radical (unpaired) electrons. The smallest absolute Gasteiger partial charge is 0.254 e. The van der Waals surface area contributed by atoms with Crippen LogP contribution in [0.15, 0.2) is 78.9 Å². The van der Waals surface area contributed by atoms with Gasteiger partial charge in [0, 0.05) is 43.7 Å². The molecule has 184 valence electrons. The number of rotatable bonds is 7. The highest BCUT2D eigenvalue weighted by Gasteiger charge is 2.24. The summed E-state index contributed by atoms with van der Waals surface area (Å²) in [5.74, 6) is 1.34. The number of para-hydroxylation sites is 1. The van der Waals surface area contributed by atoms with Crippen molar-refractivity contribution in [3.63, 3.8) is 0 Å². The van der Waals surface area contributed by atoms with Crippen LogP contribution in [-0.4, -0.2) is 67.6 Å². The van der Waals surface area contributed by atoms with Gasteiger partial charge in [-0.05, 0) is 42.3 Å². The Morgan fingerprint density at radius 2 is 1.56 bits per heavy atom. The van der Waals surface area contributed by atoms with Crippen molar-refractivity contribution in [3.05, 3.63) is 90.0 Å². The second kappa shape index (κ2) is 10.8. The molecule has 1 fully saturated rings. The molecule has 0 atom stereocenters. The minimum atomic E-state index is 0.0537. The van der Waals surface area contributed by atoms with Gasteiger partial charge in [-0.1, -0.05) is 48.5 Å². The van der Waals surface area contributed by atoms with Crippen LogP contribution < -0.4 is 9.47 Å². The van der Waals surface area contributed by atoms with E-state index < -0.39 is 0 Å². The Morgan fingerprint density at radius 1 is 0.833 bits per heavy atom. The van der Waals surface area contributed by atoms with Crippen LogP contribution >= 0.6 is 0 Å². The number of hydrogen-bond acceptors (Lipinski definition) is 5. The number of piperazine rings is 1. The quantitative estimate of drug-likeness (QED) is 0.375. The average Bonchev–Trinajstić information content (AvgIpc) is 2.95. The lowest BCUT2D eigenvalue weighted by atomic mass is 10.0. The fraction of sp³-hybridized carbons (Fsp3) is 0.267. The van der Waals surface area contributed by atoms with Gasteiger partial charge in [0.15, 0.2) is 11.5 Å². The first-order chi connectivity index (χ1) is 17.7. The third kappa shape index (κ3) is 5.04. The summed E-state index contributed by atoms with van der Waals surface area (Å²) in [4.78, 5) is 23.0. The first kappa shape index (κ1) is 23.8. The molecular formula is C30H31N3O3. The predicted molar refractivity (Wildman–Crippen MR) is 143 cm³/mol. The van der Waals surface area contributed by atoms with Gasteiger partial charge in [-0.2, -0.15) is 0 Å². The number of nitrogens with zero attached hydrogens (tertiary/aromatic N) is 3. The molecule has 3 aromatic carbocycles. The largest absolute Gasteiger partial charge is 0.493 e. The zero-order valence-corrected chi connectivity index (χ0v) is 20.8. The van der Waals surface area contributed by atoms with Gasteiger partial charge in [0.05, 0.1) is 31.0 Å². The molecular weight excluding hydrogens is 450 g/mol. The molecule has 6 heteroatoms. The van der Waals surface area contributed by atoms with Crippen LogP contribution in [0.4, 0.5) is 0 Å². The molecule has 0 saturated carbocycles. The number of carbonyl (C=O) groups excluding carboxylic acids is 1. The first-order valence-electron chi connectivity index (χ1n) is 12.3. The summed E-state index contributed by atoms with van der Waals surface area (Å²) in [6.07, 6.45) is 1.03. The zero-order chi connectivity index (χ0) is 24.9. The van der Waals surface area contributed by atoms with Crippen LogP contribution in [-0.2, 0) is 6.42 Å². The van der Waals surface area contributed by atoms with E-state index in [1.165, 1.54) is 5.56 Å². The SMILES string of the molecule is COc1ccc(-c2cc(C(=O)N3CCN(CCc4ccccc4)CC3)c3ccccc3n2)cc1OC. The van der Waals surface area contributed by atoms with Crippen molar-refractivity contribution >= 4 is 16.8 Å². The second-order valence-electron chi connectivity index (χ2n) is 9.01. The van der Waals surface area contributed by atoms with E-state index >= 15 is 0 Å². The van der Waals surface area contributed by atoms with Gasteiger partial charge < -0.3 is 14.4 Å². The number of pyridine rings is 1. The van der Waals surface area contributed by atoms with E-state index in [1.54, 1.807) is 14.2 Å². The van der Waals surface area contributed by atoms with Gasteiger partial charge in [-0.3, -0.25) is 9.69 Å². The highest BCUT2D eigenvalue weighted by Crippen LogP contribution is 2.33. The van der Waals surface area contributed by atoms with Gasteiger partial charge in [-0.25, -0.2) is 4.98 Å². The Labute approximate surface area is 212 Å². The summed E-state index contributed by atoms with van der Waals surface area (Å²) < 4.78 is 10.9. The molecule has 1 saturated heterocycles. The Morgan fingerprint density at radius 3 is 2.31 bits per heavy atom. The predicted octanol–water partition coefficient (Wildman–Crippen LogP) is 4.92. The molecule has 0 aliphatic carbocycles. The molecule has 0 bridgehead atoms. The standard InChI is InChI=1S/C30H31N3O3/c1-35-28-13-12-23(20-29(28)36-2)27-21-25(24-10-6-7-11-26(24)31-27)30(34)33-18-16-32(17-19-33)15-14-22-8-4-3-5-9-22/h3-13,20-21H,14-19H2,1-2H3. The van der Waals surface area contributed by atoms with Crippen LogP contribution in [0.2, 0.25) is 0 Å². The van der Waals surface area contributed by atoms with Crippen molar-refractivity contribution in [2.45, 2.75) is 6.42 Å². The summed E-state index contributed by atoms with van der Waals surface area (Å²) in [6, 6.07) is 26.0. The van der Waals surface area contributed by atoms with Crippen molar-refractivity contribution in [3.8, 4) is 22.8 Å². The topological polar surface area (TPSA) is 54.9 Å². The Hall–Kier alpha value is -3.90. The third-order valence-electron chi connectivity index (χ3n) is 6.84. The van der Waals surface area contributed by atoms with Crippen molar-refractivity contribution in [1.82, 2.24) is 14.8 Å². The van der Waals surface area contributed by atoms with Crippen LogP contribution in [0.5, 0.6) is 11.5 Å². The summed E-state index contributed by atoms with van der Waals surface area (Å²) in [5.41, 5.74) is 4.44. The van der Waals surface area contributed by atoms with E-state index in [4.69, 9.17) is 14.5 Å². The van der Waals surface area contributed by atoms with Crippen LogP contribution in [0, 0.1) is 0 Å². The molecule has 6 nitrogen and oxygen atoms in total. The number of amides is 1. The molecule has 4 aromatic rings. The summed E-state index contributed by atoms with van der Waals surface area (Å²) in [5, 5.41) is 0.873. The molecule has 1 aliphatic heterocycles. The maximum atomic E-state index is 13.7. The zero-order valence-electron chi connectivity index (χ0n) is 20.8. The fourth-order valence-corrected chi connectivity index (χ4v) is 4.77. The van der Waals surface area contributed by atoms with Crippen molar-refractivity contribution in [1.29, 1.82) is 0 Å². The normalized spacial score (nSPS) is 14.1. The summed E-state index contributed by atoms with van der Waals surface area (Å²) in [7, 11) is 3.23. The number of hydrogen-bond donors (Lipinski definition) is 0. The molecule has 5 rings (SSSR count). The maximum absolute atomic E-state index is 13.7. The Balaban J connectivity index is 1.36. The molecule has 0 N–H and O–H groups in total. The summed E-state index contributed by atoms with van der Waals surface area (Å²) in [6.45, 7) is 4.20. The average molecular weight is 482 g/mol. The highest BCUT2D eigenvalue weighted by atomic mass is 16.5. The van der Waals surface area contributed by atoms with Gasteiger partial charge >= 0.3 is 0 Å². The van der Waals surface area contributed by atoms with E-state index in [1.807, 2.05) is 59.5 Å². The number of aromatic nitrogens is 1. The van der Waals surface area contributed by atoms with Crippen LogP contribution in [0.3, 0.4) is 0 Å². The second-order valence-corrected chi connectivity index (χ2v) is 9.01. The van der Waals surface area contributed by atoms with E-state index in [0.29, 0.717) is 17.1 Å². The number of ether oxygens (including phenoxy) is 2. The van der Waals surface area contributed by atoms with E-state index in [0.717, 1.165) is 61.3 Å². The van der Waals surface area contributed by atoms with Crippen LogP contribution in [0.25, 0.3) is 22.2 Å². The van der Waals surface area contributed by atoms with Gasteiger partial charge in [0.2, 0.25) is 0 Å². The minimum Gasteiger partial charge on any atom is -0.493 e. The number of benzene rings is 3. The number of methoxy groups -OCH3 is 2. The van der Waals surface area contributed by atoms with E-state index in [9.17, 15) is 4.79 Å². The molecule has 36 heavy (non-hydrogen) atoms. The molecule has 0 spiro atoms. The Bertz CT molecular complexity index is 1350. The lowest BCUT2D eigenvalue weighted by molar-refractivity contribution is 0.0640. The minimum absolute atomic E-state index is 0.0537. The van der Waals surface area contributed by atoms with E-state index in [-0.39, 0.29) is 5.91 Å². The maximum Gasteiger partial charge on any atom is 0.254 e. The molecule has 1 aliphatic rings. The Kier molecular flexibility index (Phi) is 7.14. The lowest BCUT2D eigenvalue weighted by Crippen LogP contribution is -2.49. The molecule has 1 aromatic heterocycles. The lowest BCUT2D eigenvalue weighted by Gasteiger charge is -2.35. The van der Waals surface area contributed by atoms with Crippen molar-refractivity contribution in [2.75, 3.05) is 46.9 Å². The molecule has 0 unspecified atom stereocenters. The third-order valence-corrected chi connectivity index (χ3v) is 6.84. The van der Waals surface area contributed by atoms with Crippen molar-refractivity contribution < 1.29 is 14.3 Å². The first-order valence-corrected chi connectivity index (χ1v) is 12.3. The van der Waals surface area contributed by atoms with Crippen molar-refractivity contribution in [2.24, 2.45) is 0 Å². The van der Waals surface area contributed by atoms with Gasteiger partial charge in [0.1, 0.15) is 0 Å². The van der Waals surface area contributed by atoms with E-state index in [2.05, 4.69) is 29.2 Å². The number of carbonyl (C=O) groups is 1. The monoisotopic (exact) mass is 481 g/mol. The number of fused-ring (bicyclic) bond motifs is 1. The highest BCUT2D eigenvalue weighted by molar-refractivity contribution is 6.07. The van der Waals surface area contributed by atoms with Crippen LogP contribution in [0.1, 0.15) is 15.9 Å². The fourth-order valence-electron chi connectivity index (χ4n) is 4.77. The molecule has 2 heterocycles. The molecule has 1 amide bonds. The summed E-state index contributed by atoms with van der Waals surface area (Å²) >= 11 is 0. The van der Waals surface area contributed by atoms with Gasteiger partial charge in [0.25, 0.3) is 5.91 Å². The van der Waals surface area contributed by atoms with Gasteiger partial charge in [-0.15, -0.1) is 0 Å².